The van der Waals surface area contributed by atoms with Crippen LogP contribution in [-0.2, 0) is 6.42 Å². The average molecular weight is 566 g/mol. The number of rotatable bonds is 2. The average Bonchev–Trinajstić information content (AvgIpc) is 3.08. The van der Waals surface area contributed by atoms with Crippen molar-refractivity contribution in [3.05, 3.63) is 46.0 Å². The number of piperidine rings is 1. The first-order chi connectivity index (χ1) is 15.0. The smallest absolute Gasteiger partial charge is 0.121 e. The summed E-state index contributed by atoms with van der Waals surface area (Å²) in [6, 6.07) is 5.09. The van der Waals surface area contributed by atoms with Crippen molar-refractivity contribution in [1.82, 2.24) is 0 Å². The Balaban J connectivity index is 0.00000259. The molecule has 1 saturated carbocycles. The van der Waals surface area contributed by atoms with Gasteiger partial charge in [0.05, 0.1) is 26.7 Å². The van der Waals surface area contributed by atoms with Crippen LogP contribution in [0, 0.1) is 24.2 Å². The number of nitrogens with zero attached hydrogens (tertiary/aromatic N) is 1. The van der Waals surface area contributed by atoms with E-state index in [-0.39, 0.29) is 47.6 Å². The molecular formula is C29H44INO2. The van der Waals surface area contributed by atoms with Crippen molar-refractivity contribution in [2.24, 2.45) is 17.3 Å². The number of fused-ring (bicyclic) bond motifs is 5. The molecule has 0 aromatic heterocycles. The Bertz CT molecular complexity index is 940. The second-order valence-corrected chi connectivity index (χ2v) is 12.7. The van der Waals surface area contributed by atoms with Crippen molar-refractivity contribution in [1.29, 1.82) is 0 Å². The summed E-state index contributed by atoms with van der Waals surface area (Å²) >= 11 is 0. The Kier molecular flexibility index (Phi) is 6.92. The fraction of sp³-hybridized carbons (Fsp3) is 0.724. The molecule has 3 nitrogen and oxygen atoms in total. The molecular weight excluding hydrogens is 521 g/mol. The number of aliphatic hydroxyl groups excluding tert-OH is 2. The standard InChI is InChI=1S/C29H44NO2.HI/c1-17-13-27(32)28(30(5,6)16-17)19(3)22-9-10-23-24-8-7-20-14-21(31)11-12-29(20,4)26(24)15-25(23)18(22)2;/h7,9-10,17,19,21,24,26-28,31-32H,8,11-16H2,1-6H3;1H/q+1;/p-1/t17-,19-,21-,24-,26-,27+,28?,29-;/m0./s1. The van der Waals surface area contributed by atoms with Gasteiger partial charge in [-0.2, -0.15) is 0 Å². The van der Waals surface area contributed by atoms with Gasteiger partial charge >= 0.3 is 0 Å². The third-order valence-electron chi connectivity index (χ3n) is 10.2. The number of hydrogen-bond acceptors (Lipinski definition) is 2. The van der Waals surface area contributed by atoms with E-state index in [1.165, 1.54) is 23.1 Å². The van der Waals surface area contributed by atoms with E-state index in [0.29, 0.717) is 23.7 Å². The maximum Gasteiger partial charge on any atom is 0.121 e. The van der Waals surface area contributed by atoms with E-state index in [1.807, 2.05) is 0 Å². The minimum Gasteiger partial charge on any atom is -1.00 e. The van der Waals surface area contributed by atoms with Gasteiger partial charge < -0.3 is 38.7 Å². The zero-order valence-electron chi connectivity index (χ0n) is 21.4. The number of aliphatic hydroxyl groups is 2. The van der Waals surface area contributed by atoms with Gasteiger partial charge in [-0.25, -0.2) is 0 Å². The lowest BCUT2D eigenvalue weighted by molar-refractivity contribution is -0.928. The zero-order valence-corrected chi connectivity index (χ0v) is 23.6. The van der Waals surface area contributed by atoms with E-state index in [0.717, 1.165) is 43.1 Å². The van der Waals surface area contributed by atoms with Crippen molar-refractivity contribution in [3.63, 3.8) is 0 Å². The van der Waals surface area contributed by atoms with Crippen molar-refractivity contribution >= 4 is 0 Å². The first-order valence-electron chi connectivity index (χ1n) is 13.0. The Hall–Kier alpha value is -0.430. The van der Waals surface area contributed by atoms with E-state index in [1.54, 1.807) is 11.1 Å². The molecule has 33 heavy (non-hydrogen) atoms. The van der Waals surface area contributed by atoms with E-state index >= 15 is 0 Å². The van der Waals surface area contributed by atoms with Crippen molar-refractivity contribution < 1.29 is 38.7 Å². The molecule has 1 aromatic rings. The molecule has 1 aliphatic heterocycles. The molecule has 0 amide bonds. The molecule has 5 rings (SSSR count). The van der Waals surface area contributed by atoms with Gasteiger partial charge in [-0.3, -0.25) is 0 Å². The molecule has 2 fully saturated rings. The monoisotopic (exact) mass is 565 g/mol. The van der Waals surface area contributed by atoms with Crippen LogP contribution in [0.15, 0.2) is 23.8 Å². The molecule has 1 heterocycles. The van der Waals surface area contributed by atoms with Gasteiger partial charge in [-0.1, -0.05) is 44.6 Å². The third kappa shape index (κ3) is 4.05. The molecule has 1 aromatic carbocycles. The number of benzene rings is 1. The van der Waals surface area contributed by atoms with Crippen molar-refractivity contribution in [2.75, 3.05) is 20.6 Å². The van der Waals surface area contributed by atoms with Crippen molar-refractivity contribution in [3.8, 4) is 0 Å². The summed E-state index contributed by atoms with van der Waals surface area (Å²) in [5.74, 6) is 2.21. The van der Waals surface area contributed by atoms with Gasteiger partial charge in [-0.15, -0.1) is 0 Å². The molecule has 3 aliphatic carbocycles. The van der Waals surface area contributed by atoms with Crippen LogP contribution in [0.4, 0.5) is 0 Å². The van der Waals surface area contributed by atoms with E-state index in [9.17, 15) is 10.2 Å². The molecule has 8 atom stereocenters. The highest BCUT2D eigenvalue weighted by Gasteiger charge is 2.51. The minimum absolute atomic E-state index is 0. The second-order valence-electron chi connectivity index (χ2n) is 12.7. The largest absolute Gasteiger partial charge is 1.00 e. The quantitative estimate of drug-likeness (QED) is 0.328. The van der Waals surface area contributed by atoms with Crippen LogP contribution in [0.3, 0.4) is 0 Å². The third-order valence-corrected chi connectivity index (χ3v) is 10.2. The number of hydrogen-bond donors (Lipinski definition) is 2. The van der Waals surface area contributed by atoms with Gasteiger partial charge in [0.1, 0.15) is 12.1 Å². The predicted molar refractivity (Wildman–Crippen MR) is 131 cm³/mol. The van der Waals surface area contributed by atoms with Crippen LogP contribution in [0.1, 0.15) is 87.0 Å². The molecule has 1 saturated heterocycles. The highest BCUT2D eigenvalue weighted by atomic mass is 127. The van der Waals surface area contributed by atoms with Gasteiger partial charge in [0, 0.05) is 11.8 Å². The summed E-state index contributed by atoms with van der Waals surface area (Å²) in [5, 5.41) is 21.4. The summed E-state index contributed by atoms with van der Waals surface area (Å²) in [6.45, 7) is 10.6. The maximum absolute atomic E-state index is 11.1. The van der Waals surface area contributed by atoms with Gasteiger partial charge in [0.25, 0.3) is 0 Å². The topological polar surface area (TPSA) is 40.5 Å². The first-order valence-corrected chi connectivity index (χ1v) is 13.0. The van der Waals surface area contributed by atoms with E-state index in [2.05, 4.69) is 60.0 Å². The molecule has 0 spiro atoms. The SMILES string of the molecule is Cc1c([C@H](C)C2[C@H](O)C[C@H](C)C[N+]2(C)C)ccc2c1C[C@H]1[C@H]2CC=C2C[C@@H](O)CC[C@@]21C.[I-]. The molecule has 0 radical (unpaired) electrons. The highest BCUT2D eigenvalue weighted by molar-refractivity contribution is 5.49. The molecule has 184 valence electrons. The van der Waals surface area contributed by atoms with Crippen LogP contribution in [0.25, 0.3) is 0 Å². The Morgan fingerprint density at radius 3 is 2.58 bits per heavy atom. The van der Waals surface area contributed by atoms with E-state index < -0.39 is 0 Å². The minimum atomic E-state index is -0.238. The van der Waals surface area contributed by atoms with Crippen LogP contribution in [-0.4, -0.2) is 53.6 Å². The van der Waals surface area contributed by atoms with E-state index in [4.69, 9.17) is 0 Å². The lowest BCUT2D eigenvalue weighted by Gasteiger charge is -2.49. The van der Waals surface area contributed by atoms with Crippen LogP contribution < -0.4 is 24.0 Å². The molecule has 1 unspecified atom stereocenters. The van der Waals surface area contributed by atoms with Crippen LogP contribution in [0.2, 0.25) is 0 Å². The maximum atomic E-state index is 11.1. The fourth-order valence-electron chi connectivity index (χ4n) is 8.81. The second kappa shape index (κ2) is 8.90. The first kappa shape index (κ1) is 25.7. The normalized spacial score (nSPS) is 40.1. The fourth-order valence-corrected chi connectivity index (χ4v) is 8.81. The Labute approximate surface area is 218 Å². The van der Waals surface area contributed by atoms with Gasteiger partial charge in [0.15, 0.2) is 0 Å². The highest BCUT2D eigenvalue weighted by Crippen LogP contribution is 2.60. The molecule has 4 aliphatic rings. The summed E-state index contributed by atoms with van der Waals surface area (Å²) in [7, 11) is 4.62. The Morgan fingerprint density at radius 1 is 1.15 bits per heavy atom. The molecule has 2 N–H and O–H groups in total. The van der Waals surface area contributed by atoms with Gasteiger partial charge in [-0.05, 0) is 85.0 Å². The summed E-state index contributed by atoms with van der Waals surface area (Å²) in [4.78, 5) is 0. The number of allylic oxidation sites excluding steroid dienone is 1. The lowest BCUT2D eigenvalue weighted by atomic mass is 9.57. The lowest BCUT2D eigenvalue weighted by Crippen LogP contribution is -3.00. The predicted octanol–water partition coefficient (Wildman–Crippen LogP) is 2.09. The number of likely N-dealkylation sites (N-methyl/N-ethyl adjacent to an activating group) is 1. The molecule has 4 heteroatoms. The summed E-state index contributed by atoms with van der Waals surface area (Å²) < 4.78 is 0.902. The summed E-state index contributed by atoms with van der Waals surface area (Å²) in [6.07, 6.45) is 8.27. The number of quaternary nitrogens is 1. The molecule has 0 bridgehead atoms. The van der Waals surface area contributed by atoms with Crippen LogP contribution >= 0.6 is 0 Å². The van der Waals surface area contributed by atoms with Crippen molar-refractivity contribution in [2.45, 2.75) is 96.3 Å². The number of halogens is 1. The van der Waals surface area contributed by atoms with Crippen LogP contribution in [0.5, 0.6) is 0 Å². The number of likely N-dealkylation sites (tertiary alicyclic amines) is 1. The zero-order chi connectivity index (χ0) is 23.0. The van der Waals surface area contributed by atoms with Gasteiger partial charge in [0.2, 0.25) is 0 Å². The summed E-state index contributed by atoms with van der Waals surface area (Å²) in [5.41, 5.74) is 7.87. The Morgan fingerprint density at radius 2 is 1.88 bits per heavy atom.